The van der Waals surface area contributed by atoms with Gasteiger partial charge in [-0.3, -0.25) is 4.79 Å². The Labute approximate surface area is 124 Å². The number of halogens is 2. The first kappa shape index (κ1) is 16.7. The van der Waals surface area contributed by atoms with E-state index >= 15 is 0 Å². The second-order valence-corrected chi connectivity index (χ2v) is 4.89. The highest BCUT2D eigenvalue weighted by Gasteiger charge is 2.25. The van der Waals surface area contributed by atoms with Gasteiger partial charge in [0.15, 0.2) is 0 Å². The average Bonchev–Trinajstić information content (AvgIpc) is 2.41. The minimum Gasteiger partial charge on any atom is -0.490 e. The zero-order chi connectivity index (χ0) is 13.8. The highest BCUT2D eigenvalue weighted by atomic mass is 35.5. The van der Waals surface area contributed by atoms with Gasteiger partial charge in [0.05, 0.1) is 6.04 Å². The van der Waals surface area contributed by atoms with E-state index in [0.29, 0.717) is 18.8 Å². The van der Waals surface area contributed by atoms with Gasteiger partial charge in [-0.2, -0.15) is 0 Å². The Morgan fingerprint density at radius 2 is 1.90 bits per heavy atom. The third-order valence-electron chi connectivity index (χ3n) is 3.26. The number of amides is 1. The number of benzene rings is 1. The summed E-state index contributed by atoms with van der Waals surface area (Å²) < 4.78 is 18.5. The van der Waals surface area contributed by atoms with Gasteiger partial charge < -0.3 is 15.4 Å². The highest BCUT2D eigenvalue weighted by Crippen LogP contribution is 2.19. The number of ether oxygens (including phenoxy) is 1. The molecule has 0 unspecified atom stereocenters. The number of hydrogen-bond acceptors (Lipinski definition) is 3. The molecule has 0 aliphatic carbocycles. The molecule has 0 saturated carbocycles. The van der Waals surface area contributed by atoms with Crippen LogP contribution in [0.25, 0.3) is 0 Å². The molecule has 6 heteroatoms. The highest BCUT2D eigenvalue weighted by molar-refractivity contribution is 5.85. The molecule has 1 aromatic carbocycles. The number of nitrogens with two attached hydrogens (primary N) is 1. The molecule has 0 bridgehead atoms. The summed E-state index contributed by atoms with van der Waals surface area (Å²) in [6, 6.07) is 5.55. The van der Waals surface area contributed by atoms with Crippen molar-refractivity contribution in [1.29, 1.82) is 0 Å². The number of carbonyl (C=O) groups is 1. The van der Waals surface area contributed by atoms with Crippen molar-refractivity contribution in [2.24, 2.45) is 5.73 Å². The van der Waals surface area contributed by atoms with Crippen LogP contribution in [-0.2, 0) is 4.79 Å². The van der Waals surface area contributed by atoms with Crippen LogP contribution in [0.2, 0.25) is 0 Å². The van der Waals surface area contributed by atoms with Crippen LogP contribution in [0, 0.1) is 5.82 Å². The number of piperidine rings is 1. The van der Waals surface area contributed by atoms with Crippen LogP contribution >= 0.6 is 12.4 Å². The first-order valence-corrected chi connectivity index (χ1v) is 6.53. The summed E-state index contributed by atoms with van der Waals surface area (Å²) in [6.07, 6.45) is 1.62. The van der Waals surface area contributed by atoms with Gasteiger partial charge in [0, 0.05) is 25.9 Å². The fraction of sp³-hybridized carbons (Fsp3) is 0.500. The summed E-state index contributed by atoms with van der Waals surface area (Å²) in [6.45, 7) is 3.02. The molecule has 2 rings (SSSR count). The molecule has 1 heterocycles. The summed E-state index contributed by atoms with van der Waals surface area (Å²) in [5, 5.41) is 0. The molecule has 1 saturated heterocycles. The van der Waals surface area contributed by atoms with Crippen LogP contribution in [0.3, 0.4) is 0 Å². The number of rotatable bonds is 3. The predicted molar refractivity (Wildman–Crippen MR) is 77.5 cm³/mol. The quantitative estimate of drug-likeness (QED) is 0.928. The van der Waals surface area contributed by atoms with Crippen molar-refractivity contribution < 1.29 is 13.9 Å². The Hall–Kier alpha value is -1.33. The van der Waals surface area contributed by atoms with E-state index in [1.54, 1.807) is 24.0 Å². The number of carbonyl (C=O) groups excluding carboxylic acids is 1. The van der Waals surface area contributed by atoms with Crippen molar-refractivity contribution in [2.45, 2.75) is 31.9 Å². The zero-order valence-electron chi connectivity index (χ0n) is 11.4. The maximum absolute atomic E-state index is 12.8. The van der Waals surface area contributed by atoms with Crippen molar-refractivity contribution in [1.82, 2.24) is 4.90 Å². The van der Waals surface area contributed by atoms with Crippen molar-refractivity contribution in [3.63, 3.8) is 0 Å². The van der Waals surface area contributed by atoms with E-state index in [-0.39, 0.29) is 30.2 Å². The topological polar surface area (TPSA) is 55.6 Å². The third kappa shape index (κ3) is 4.35. The molecule has 0 radical (unpaired) electrons. The third-order valence-corrected chi connectivity index (χ3v) is 3.26. The lowest BCUT2D eigenvalue weighted by Crippen LogP contribution is -2.47. The summed E-state index contributed by atoms with van der Waals surface area (Å²) in [5.41, 5.74) is 5.58. The average molecular weight is 303 g/mol. The molecule has 1 aromatic rings. The summed E-state index contributed by atoms with van der Waals surface area (Å²) in [4.78, 5) is 13.5. The van der Waals surface area contributed by atoms with Crippen LogP contribution in [0.5, 0.6) is 5.75 Å². The Morgan fingerprint density at radius 3 is 2.40 bits per heavy atom. The molecule has 1 fully saturated rings. The van der Waals surface area contributed by atoms with Crippen molar-refractivity contribution in [2.75, 3.05) is 13.1 Å². The predicted octanol–water partition coefficient (Wildman–Crippen LogP) is 1.96. The van der Waals surface area contributed by atoms with Crippen molar-refractivity contribution >= 4 is 18.3 Å². The standard InChI is InChI=1S/C14H19FN2O2.ClH/c1-10(16)14(18)17-8-6-13(7-9-17)19-12-4-2-11(15)3-5-12;/h2-5,10,13H,6-9,16H2,1H3;1H/t10-;/m1./s1. The van der Waals surface area contributed by atoms with Gasteiger partial charge in [-0.05, 0) is 31.2 Å². The molecule has 1 atom stereocenters. The van der Waals surface area contributed by atoms with E-state index in [9.17, 15) is 9.18 Å². The Balaban J connectivity index is 0.00000200. The Morgan fingerprint density at radius 1 is 1.35 bits per heavy atom. The molecule has 1 aliphatic rings. The van der Waals surface area contributed by atoms with Gasteiger partial charge in [-0.25, -0.2) is 4.39 Å². The minimum atomic E-state index is -0.449. The molecule has 1 aliphatic heterocycles. The van der Waals surface area contributed by atoms with Crippen molar-refractivity contribution in [3.05, 3.63) is 30.1 Å². The maximum Gasteiger partial charge on any atom is 0.239 e. The van der Waals surface area contributed by atoms with Gasteiger partial charge in [0.2, 0.25) is 5.91 Å². The van der Waals surface area contributed by atoms with Gasteiger partial charge in [-0.1, -0.05) is 0 Å². The molecule has 2 N–H and O–H groups in total. The fourth-order valence-corrected chi connectivity index (χ4v) is 2.19. The largest absolute Gasteiger partial charge is 0.490 e. The van der Waals surface area contributed by atoms with E-state index in [2.05, 4.69) is 0 Å². The summed E-state index contributed by atoms with van der Waals surface area (Å²) in [5.74, 6) is 0.378. The number of nitrogens with zero attached hydrogens (tertiary/aromatic N) is 1. The lowest BCUT2D eigenvalue weighted by Gasteiger charge is -2.33. The van der Waals surface area contributed by atoms with Gasteiger partial charge in [0.1, 0.15) is 17.7 Å². The first-order chi connectivity index (χ1) is 9.06. The van der Waals surface area contributed by atoms with Crippen molar-refractivity contribution in [3.8, 4) is 5.75 Å². The summed E-state index contributed by atoms with van der Waals surface area (Å²) in [7, 11) is 0. The fourth-order valence-electron chi connectivity index (χ4n) is 2.19. The second-order valence-electron chi connectivity index (χ2n) is 4.89. The first-order valence-electron chi connectivity index (χ1n) is 6.53. The number of hydrogen-bond donors (Lipinski definition) is 1. The Kier molecular flexibility index (Phi) is 6.23. The van der Waals surface area contributed by atoms with Crippen LogP contribution in [0.4, 0.5) is 4.39 Å². The number of likely N-dealkylation sites (tertiary alicyclic amines) is 1. The van der Waals surface area contributed by atoms with Gasteiger partial charge >= 0.3 is 0 Å². The molecule has 0 spiro atoms. The summed E-state index contributed by atoms with van der Waals surface area (Å²) >= 11 is 0. The smallest absolute Gasteiger partial charge is 0.239 e. The molecule has 1 amide bonds. The molecular formula is C14H20ClFN2O2. The van der Waals surface area contributed by atoms with E-state index in [1.165, 1.54) is 12.1 Å². The minimum absolute atomic E-state index is 0. The van der Waals surface area contributed by atoms with E-state index in [1.807, 2.05) is 0 Å². The van der Waals surface area contributed by atoms with Crippen LogP contribution in [-0.4, -0.2) is 36.0 Å². The van der Waals surface area contributed by atoms with Gasteiger partial charge in [-0.15, -0.1) is 12.4 Å². The Bertz CT molecular complexity index is 431. The maximum atomic E-state index is 12.8. The molecule has 20 heavy (non-hydrogen) atoms. The molecule has 4 nitrogen and oxygen atoms in total. The van der Waals surface area contributed by atoms with E-state index in [4.69, 9.17) is 10.5 Å². The monoisotopic (exact) mass is 302 g/mol. The SMILES string of the molecule is C[C@@H](N)C(=O)N1CCC(Oc2ccc(F)cc2)CC1.Cl. The van der Waals surface area contributed by atoms with Crippen LogP contribution in [0.1, 0.15) is 19.8 Å². The molecular weight excluding hydrogens is 283 g/mol. The normalized spacial score (nSPS) is 17.2. The molecule has 112 valence electrons. The van der Waals surface area contributed by atoms with E-state index < -0.39 is 6.04 Å². The van der Waals surface area contributed by atoms with Crippen LogP contribution < -0.4 is 10.5 Å². The molecule has 0 aromatic heterocycles. The van der Waals surface area contributed by atoms with Gasteiger partial charge in [0.25, 0.3) is 0 Å². The van der Waals surface area contributed by atoms with E-state index in [0.717, 1.165) is 12.8 Å². The zero-order valence-corrected chi connectivity index (χ0v) is 12.2. The lowest BCUT2D eigenvalue weighted by atomic mass is 10.1. The second kappa shape index (κ2) is 7.45. The lowest BCUT2D eigenvalue weighted by molar-refractivity contribution is -0.133. The van der Waals surface area contributed by atoms with Crippen LogP contribution in [0.15, 0.2) is 24.3 Å².